The molecule has 1 saturated heterocycles. The molecule has 1 aliphatic heterocycles. The van der Waals surface area contributed by atoms with E-state index in [-0.39, 0.29) is 6.04 Å². The number of nitrogens with zero attached hydrogens (tertiary/aromatic N) is 1. The number of aryl methyl sites for hydroxylation is 2. The van der Waals surface area contributed by atoms with Gasteiger partial charge in [-0.05, 0) is 62.7 Å². The summed E-state index contributed by atoms with van der Waals surface area (Å²) in [6, 6.07) is 6.76. The number of hydrogen-bond donors (Lipinski definition) is 1. The molecule has 2 N–H and O–H groups in total. The van der Waals surface area contributed by atoms with Gasteiger partial charge in [-0.25, -0.2) is 0 Å². The van der Waals surface area contributed by atoms with Crippen molar-refractivity contribution < 1.29 is 0 Å². The van der Waals surface area contributed by atoms with Crippen LogP contribution >= 0.6 is 0 Å². The topological polar surface area (TPSA) is 29.3 Å². The van der Waals surface area contributed by atoms with Gasteiger partial charge >= 0.3 is 0 Å². The average molecular weight is 274 g/mol. The predicted octanol–water partition coefficient (Wildman–Crippen LogP) is 3.67. The van der Waals surface area contributed by atoms with E-state index in [0.717, 1.165) is 18.4 Å². The second-order valence-corrected chi connectivity index (χ2v) is 6.85. The monoisotopic (exact) mass is 274 g/mol. The Morgan fingerprint density at radius 2 is 1.85 bits per heavy atom. The van der Waals surface area contributed by atoms with E-state index in [1.165, 1.54) is 42.6 Å². The predicted molar refractivity (Wildman–Crippen MR) is 86.8 cm³/mol. The summed E-state index contributed by atoms with van der Waals surface area (Å²) in [5, 5.41) is 0. The first-order chi connectivity index (χ1) is 9.47. The van der Waals surface area contributed by atoms with E-state index in [0.29, 0.717) is 0 Å². The van der Waals surface area contributed by atoms with Crippen molar-refractivity contribution in [2.24, 2.45) is 17.6 Å². The van der Waals surface area contributed by atoms with Crippen LogP contribution in [0.1, 0.15) is 49.4 Å². The molecule has 20 heavy (non-hydrogen) atoms. The van der Waals surface area contributed by atoms with Crippen molar-refractivity contribution in [3.8, 4) is 0 Å². The summed E-state index contributed by atoms with van der Waals surface area (Å²) in [6.07, 6.45) is 2.66. The van der Waals surface area contributed by atoms with Crippen molar-refractivity contribution in [1.29, 1.82) is 0 Å². The average Bonchev–Trinajstić information content (AvgIpc) is 2.39. The Morgan fingerprint density at radius 3 is 2.40 bits per heavy atom. The fourth-order valence-electron chi connectivity index (χ4n) is 3.42. The van der Waals surface area contributed by atoms with Gasteiger partial charge in [0.2, 0.25) is 0 Å². The minimum atomic E-state index is 0.145. The zero-order valence-electron chi connectivity index (χ0n) is 13.5. The normalized spacial score (nSPS) is 19.5. The minimum absolute atomic E-state index is 0.145. The first kappa shape index (κ1) is 15.5. The van der Waals surface area contributed by atoms with Crippen LogP contribution < -0.4 is 5.73 Å². The maximum Gasteiger partial charge on any atom is 0.0426 e. The zero-order valence-corrected chi connectivity index (χ0v) is 13.5. The molecule has 1 aromatic carbocycles. The van der Waals surface area contributed by atoms with Crippen LogP contribution in [0, 0.1) is 25.7 Å². The van der Waals surface area contributed by atoms with Crippen molar-refractivity contribution in [2.75, 3.05) is 19.6 Å². The summed E-state index contributed by atoms with van der Waals surface area (Å²) >= 11 is 0. The molecule has 1 aromatic rings. The van der Waals surface area contributed by atoms with Crippen molar-refractivity contribution >= 4 is 0 Å². The maximum atomic E-state index is 6.43. The second-order valence-electron chi connectivity index (χ2n) is 6.85. The molecule has 0 aliphatic carbocycles. The van der Waals surface area contributed by atoms with E-state index in [1.807, 2.05) is 0 Å². The van der Waals surface area contributed by atoms with Crippen molar-refractivity contribution in [2.45, 2.75) is 46.6 Å². The first-order valence-electron chi connectivity index (χ1n) is 8.02. The molecule has 0 aromatic heterocycles. The smallest absolute Gasteiger partial charge is 0.0426 e. The summed E-state index contributed by atoms with van der Waals surface area (Å²) in [6.45, 7) is 12.4. The minimum Gasteiger partial charge on any atom is -0.323 e. The van der Waals surface area contributed by atoms with Crippen LogP contribution in [0.4, 0.5) is 0 Å². The molecule has 1 unspecified atom stereocenters. The first-order valence-corrected chi connectivity index (χ1v) is 8.02. The number of rotatable bonds is 4. The van der Waals surface area contributed by atoms with Gasteiger partial charge in [-0.3, -0.25) is 0 Å². The Kier molecular flexibility index (Phi) is 5.22. The third-order valence-corrected chi connectivity index (χ3v) is 4.85. The number of likely N-dealkylation sites (tertiary alicyclic amines) is 1. The highest BCUT2D eigenvalue weighted by Crippen LogP contribution is 2.26. The standard InChI is InChI=1S/C18H30N2/c1-13(2)16-7-9-20(10-8-16)12-18(19)17-6-5-14(3)11-15(17)4/h5-6,11,13,16,18H,7-10,12,19H2,1-4H3. The lowest BCUT2D eigenvalue weighted by Gasteiger charge is -2.35. The van der Waals surface area contributed by atoms with Gasteiger partial charge in [-0.2, -0.15) is 0 Å². The van der Waals surface area contributed by atoms with Crippen molar-refractivity contribution in [3.63, 3.8) is 0 Å². The summed E-state index contributed by atoms with van der Waals surface area (Å²) in [5.74, 6) is 1.73. The number of piperidine rings is 1. The van der Waals surface area contributed by atoms with Gasteiger partial charge in [0.25, 0.3) is 0 Å². The number of benzene rings is 1. The van der Waals surface area contributed by atoms with Crippen LogP contribution in [0.5, 0.6) is 0 Å². The Bertz CT molecular complexity index is 431. The van der Waals surface area contributed by atoms with Crippen LogP contribution in [0.2, 0.25) is 0 Å². The third-order valence-electron chi connectivity index (χ3n) is 4.85. The van der Waals surface area contributed by atoms with E-state index in [9.17, 15) is 0 Å². The van der Waals surface area contributed by atoms with E-state index in [4.69, 9.17) is 5.73 Å². The fourth-order valence-corrected chi connectivity index (χ4v) is 3.42. The van der Waals surface area contributed by atoms with Crippen LogP contribution in [0.25, 0.3) is 0 Å². The molecule has 2 nitrogen and oxygen atoms in total. The van der Waals surface area contributed by atoms with Gasteiger partial charge in [-0.15, -0.1) is 0 Å². The third kappa shape index (κ3) is 3.83. The molecule has 112 valence electrons. The Morgan fingerprint density at radius 1 is 1.20 bits per heavy atom. The highest BCUT2D eigenvalue weighted by Gasteiger charge is 2.23. The van der Waals surface area contributed by atoms with Crippen LogP contribution in [-0.2, 0) is 0 Å². The lowest BCUT2D eigenvalue weighted by atomic mass is 9.86. The van der Waals surface area contributed by atoms with Gasteiger partial charge in [0, 0.05) is 12.6 Å². The SMILES string of the molecule is Cc1ccc(C(N)CN2CCC(C(C)C)CC2)c(C)c1. The second kappa shape index (κ2) is 6.73. The molecule has 1 heterocycles. The highest BCUT2D eigenvalue weighted by atomic mass is 15.1. The van der Waals surface area contributed by atoms with E-state index < -0.39 is 0 Å². The van der Waals surface area contributed by atoms with Gasteiger partial charge < -0.3 is 10.6 Å². The number of nitrogens with two attached hydrogens (primary N) is 1. The van der Waals surface area contributed by atoms with Crippen LogP contribution in [0.3, 0.4) is 0 Å². The van der Waals surface area contributed by atoms with Gasteiger partial charge in [0.1, 0.15) is 0 Å². The molecule has 1 atom stereocenters. The van der Waals surface area contributed by atoms with E-state index in [2.05, 4.69) is 50.8 Å². The van der Waals surface area contributed by atoms with Crippen molar-refractivity contribution in [3.05, 3.63) is 34.9 Å². The van der Waals surface area contributed by atoms with E-state index in [1.54, 1.807) is 0 Å². The van der Waals surface area contributed by atoms with Gasteiger partial charge in [-0.1, -0.05) is 37.6 Å². The molecule has 2 rings (SSSR count). The van der Waals surface area contributed by atoms with Crippen LogP contribution in [-0.4, -0.2) is 24.5 Å². The molecule has 0 amide bonds. The maximum absolute atomic E-state index is 6.43. The molecule has 0 spiro atoms. The van der Waals surface area contributed by atoms with Gasteiger partial charge in [0.15, 0.2) is 0 Å². The Hall–Kier alpha value is -0.860. The molecule has 1 fully saturated rings. The highest BCUT2D eigenvalue weighted by molar-refractivity contribution is 5.32. The summed E-state index contributed by atoms with van der Waals surface area (Å²) in [7, 11) is 0. The fraction of sp³-hybridized carbons (Fsp3) is 0.667. The molecule has 2 heteroatoms. The molecule has 0 radical (unpaired) electrons. The Labute approximate surface area is 124 Å². The summed E-state index contributed by atoms with van der Waals surface area (Å²) in [5.41, 5.74) is 10.4. The largest absolute Gasteiger partial charge is 0.323 e. The van der Waals surface area contributed by atoms with Crippen LogP contribution in [0.15, 0.2) is 18.2 Å². The molecular weight excluding hydrogens is 244 g/mol. The molecule has 1 aliphatic rings. The summed E-state index contributed by atoms with van der Waals surface area (Å²) < 4.78 is 0. The molecule has 0 bridgehead atoms. The van der Waals surface area contributed by atoms with Crippen molar-refractivity contribution in [1.82, 2.24) is 4.90 Å². The molecule has 0 saturated carbocycles. The van der Waals surface area contributed by atoms with E-state index >= 15 is 0 Å². The number of hydrogen-bond acceptors (Lipinski definition) is 2. The quantitative estimate of drug-likeness (QED) is 0.907. The molecular formula is C18H30N2. The zero-order chi connectivity index (χ0) is 14.7. The lowest BCUT2D eigenvalue weighted by molar-refractivity contribution is 0.151. The van der Waals surface area contributed by atoms with Gasteiger partial charge in [0.05, 0.1) is 0 Å². The lowest BCUT2D eigenvalue weighted by Crippen LogP contribution is -2.39. The summed E-state index contributed by atoms with van der Waals surface area (Å²) in [4.78, 5) is 2.54. The Balaban J connectivity index is 1.90.